The Morgan fingerprint density at radius 2 is 0.829 bits per heavy atom. The molecule has 0 fully saturated rings. The summed E-state index contributed by atoms with van der Waals surface area (Å²) in [6.07, 6.45) is 3.57. The van der Waals surface area contributed by atoms with Crippen LogP contribution in [-0.4, -0.2) is 47.0 Å². The smallest absolute Gasteiger partial charge is 0.206 e. The molecule has 4 aromatic carbocycles. The monoisotopic (exact) mass is 566 g/mol. The highest BCUT2D eigenvalue weighted by Crippen LogP contribution is 2.25. The van der Waals surface area contributed by atoms with E-state index in [0.29, 0.717) is 11.4 Å². The van der Waals surface area contributed by atoms with Gasteiger partial charge in [-0.3, -0.25) is 9.98 Å². The molecule has 0 N–H and O–H groups in total. The van der Waals surface area contributed by atoms with Crippen molar-refractivity contribution < 1.29 is 8.42 Å². The van der Waals surface area contributed by atoms with Crippen molar-refractivity contribution in [3.8, 4) is 0 Å². The van der Waals surface area contributed by atoms with Gasteiger partial charge in [0, 0.05) is 50.0 Å². The Balaban J connectivity index is 1.40. The van der Waals surface area contributed by atoms with Gasteiger partial charge in [0.2, 0.25) is 9.84 Å². The van der Waals surface area contributed by atoms with E-state index in [1.165, 1.54) is 11.4 Å². The molecule has 0 aliphatic carbocycles. The summed E-state index contributed by atoms with van der Waals surface area (Å²) in [5.74, 6) is 0. The first-order valence-corrected chi connectivity index (χ1v) is 15.6. The Hall–Kier alpha value is -4.23. The SMILES string of the molecule is CCN(CC)c1ccc(C=Nc2ccc(S(=O)(=O)c3ccc(N=Cc4ccc(N(CC)CC)cc4)cc3)cc2)cc1. The molecule has 0 aliphatic heterocycles. The summed E-state index contributed by atoms with van der Waals surface area (Å²) in [6, 6.07) is 29.8. The maximum Gasteiger partial charge on any atom is 0.206 e. The van der Waals surface area contributed by atoms with Crippen LogP contribution >= 0.6 is 0 Å². The molecule has 212 valence electrons. The number of benzene rings is 4. The van der Waals surface area contributed by atoms with Crippen molar-refractivity contribution in [3.05, 3.63) is 108 Å². The number of nitrogens with zero attached hydrogens (tertiary/aromatic N) is 4. The first-order chi connectivity index (χ1) is 19.9. The highest BCUT2D eigenvalue weighted by molar-refractivity contribution is 7.91. The van der Waals surface area contributed by atoms with Gasteiger partial charge in [-0.25, -0.2) is 8.42 Å². The molecule has 4 aromatic rings. The van der Waals surface area contributed by atoms with Crippen LogP contribution in [0, 0.1) is 0 Å². The molecule has 0 radical (unpaired) electrons. The van der Waals surface area contributed by atoms with E-state index in [1.807, 2.05) is 24.3 Å². The molecule has 7 heteroatoms. The zero-order valence-electron chi connectivity index (χ0n) is 24.2. The minimum Gasteiger partial charge on any atom is -0.372 e. The van der Waals surface area contributed by atoms with Crippen molar-refractivity contribution in [1.29, 1.82) is 0 Å². The van der Waals surface area contributed by atoms with Crippen LogP contribution in [0.4, 0.5) is 22.7 Å². The summed E-state index contributed by atoms with van der Waals surface area (Å²) in [5.41, 5.74) is 5.71. The summed E-state index contributed by atoms with van der Waals surface area (Å²) < 4.78 is 26.4. The third kappa shape index (κ3) is 7.50. The van der Waals surface area contributed by atoms with Crippen molar-refractivity contribution in [2.24, 2.45) is 9.98 Å². The lowest BCUT2D eigenvalue weighted by Crippen LogP contribution is -2.21. The van der Waals surface area contributed by atoms with Gasteiger partial charge in [-0.1, -0.05) is 24.3 Å². The van der Waals surface area contributed by atoms with Gasteiger partial charge in [0.15, 0.2) is 0 Å². The fourth-order valence-electron chi connectivity index (χ4n) is 4.58. The zero-order valence-corrected chi connectivity index (χ0v) is 25.1. The number of rotatable bonds is 12. The van der Waals surface area contributed by atoms with E-state index in [-0.39, 0.29) is 9.79 Å². The zero-order chi connectivity index (χ0) is 29.2. The van der Waals surface area contributed by atoms with E-state index in [1.54, 1.807) is 61.0 Å². The van der Waals surface area contributed by atoms with E-state index in [0.717, 1.165) is 37.3 Å². The van der Waals surface area contributed by atoms with E-state index < -0.39 is 9.84 Å². The quantitative estimate of drug-likeness (QED) is 0.165. The lowest BCUT2D eigenvalue weighted by Gasteiger charge is -2.20. The number of hydrogen-bond donors (Lipinski definition) is 0. The molecule has 0 amide bonds. The maximum atomic E-state index is 13.2. The predicted molar refractivity (Wildman–Crippen MR) is 173 cm³/mol. The average molecular weight is 567 g/mol. The normalized spacial score (nSPS) is 11.8. The number of sulfone groups is 1. The lowest BCUT2D eigenvalue weighted by atomic mass is 10.2. The van der Waals surface area contributed by atoms with Gasteiger partial charge >= 0.3 is 0 Å². The Morgan fingerprint density at radius 3 is 1.12 bits per heavy atom. The Labute approximate surface area is 244 Å². The van der Waals surface area contributed by atoms with Crippen LogP contribution in [0.5, 0.6) is 0 Å². The molecule has 0 heterocycles. The van der Waals surface area contributed by atoms with Gasteiger partial charge in [-0.2, -0.15) is 0 Å². The second-order valence-corrected chi connectivity index (χ2v) is 11.5. The predicted octanol–water partition coefficient (Wildman–Crippen LogP) is 7.71. The summed E-state index contributed by atoms with van der Waals surface area (Å²) >= 11 is 0. The third-order valence-electron chi connectivity index (χ3n) is 7.06. The van der Waals surface area contributed by atoms with Gasteiger partial charge < -0.3 is 9.80 Å². The minimum absolute atomic E-state index is 0.226. The van der Waals surface area contributed by atoms with Crippen molar-refractivity contribution in [1.82, 2.24) is 0 Å². The molecule has 0 atom stereocenters. The van der Waals surface area contributed by atoms with Gasteiger partial charge in [0.1, 0.15) is 0 Å². The summed E-state index contributed by atoms with van der Waals surface area (Å²) in [4.78, 5) is 14.1. The largest absolute Gasteiger partial charge is 0.372 e. The molecule has 0 saturated carbocycles. The topological polar surface area (TPSA) is 65.3 Å². The molecular formula is C34H38N4O2S. The Bertz CT molecular complexity index is 1440. The fourth-order valence-corrected chi connectivity index (χ4v) is 5.84. The minimum atomic E-state index is -3.66. The molecule has 0 aliphatic rings. The van der Waals surface area contributed by atoms with E-state index in [4.69, 9.17) is 0 Å². The molecule has 41 heavy (non-hydrogen) atoms. The molecule has 0 aromatic heterocycles. The second-order valence-electron chi connectivity index (χ2n) is 9.54. The molecule has 0 saturated heterocycles. The molecule has 4 rings (SSSR count). The van der Waals surface area contributed by atoms with Gasteiger partial charge in [0.05, 0.1) is 21.2 Å². The highest BCUT2D eigenvalue weighted by Gasteiger charge is 2.17. The van der Waals surface area contributed by atoms with Crippen LogP contribution < -0.4 is 9.80 Å². The van der Waals surface area contributed by atoms with Crippen LogP contribution in [0.25, 0.3) is 0 Å². The van der Waals surface area contributed by atoms with Gasteiger partial charge in [-0.15, -0.1) is 0 Å². The third-order valence-corrected chi connectivity index (χ3v) is 8.85. The highest BCUT2D eigenvalue weighted by atomic mass is 32.2. The first-order valence-electron chi connectivity index (χ1n) is 14.1. The molecule has 0 bridgehead atoms. The summed E-state index contributed by atoms with van der Waals surface area (Å²) in [6.45, 7) is 12.4. The average Bonchev–Trinajstić information content (AvgIpc) is 3.02. The van der Waals surface area contributed by atoms with Gasteiger partial charge in [0.25, 0.3) is 0 Å². The summed E-state index contributed by atoms with van der Waals surface area (Å²) in [7, 11) is -3.66. The van der Waals surface area contributed by atoms with Crippen LogP contribution in [0.15, 0.2) is 117 Å². The first kappa shape index (κ1) is 29.7. The molecular weight excluding hydrogens is 528 g/mol. The van der Waals surface area contributed by atoms with Gasteiger partial charge in [-0.05, 0) is 112 Å². The lowest BCUT2D eigenvalue weighted by molar-refractivity contribution is 0.596. The fraction of sp³-hybridized carbons (Fsp3) is 0.235. The summed E-state index contributed by atoms with van der Waals surface area (Å²) in [5, 5.41) is 0. The van der Waals surface area contributed by atoms with Crippen LogP contribution in [0.3, 0.4) is 0 Å². The molecule has 0 spiro atoms. The van der Waals surface area contributed by atoms with E-state index >= 15 is 0 Å². The maximum absolute atomic E-state index is 13.2. The van der Waals surface area contributed by atoms with Crippen molar-refractivity contribution in [3.63, 3.8) is 0 Å². The molecule has 6 nitrogen and oxygen atoms in total. The van der Waals surface area contributed by atoms with E-state index in [2.05, 4.69) is 71.7 Å². The number of hydrogen-bond acceptors (Lipinski definition) is 6. The molecule has 0 unspecified atom stereocenters. The van der Waals surface area contributed by atoms with Crippen molar-refractivity contribution in [2.45, 2.75) is 37.5 Å². The van der Waals surface area contributed by atoms with Crippen molar-refractivity contribution >= 4 is 45.0 Å². The standard InChI is InChI=1S/C34H38N4O2S/c1-5-37(6-2)31-17-9-27(10-18-31)25-35-29-13-21-33(22-14-29)41(39,40)34-23-15-30(16-24-34)36-26-28-11-19-32(20-12-28)38(7-3)8-4/h9-26H,5-8H2,1-4H3. The Kier molecular flexibility index (Phi) is 10.1. The number of anilines is 2. The van der Waals surface area contributed by atoms with Crippen molar-refractivity contribution in [2.75, 3.05) is 36.0 Å². The number of aliphatic imine (C=N–C) groups is 2. The van der Waals surface area contributed by atoms with E-state index in [9.17, 15) is 8.42 Å². The van der Waals surface area contributed by atoms with Crippen LogP contribution in [-0.2, 0) is 9.84 Å². The Morgan fingerprint density at radius 1 is 0.512 bits per heavy atom. The van der Waals surface area contributed by atoms with Crippen LogP contribution in [0.2, 0.25) is 0 Å². The van der Waals surface area contributed by atoms with Crippen LogP contribution in [0.1, 0.15) is 38.8 Å². The second kappa shape index (κ2) is 13.9.